The Morgan fingerprint density at radius 2 is 2.15 bits per heavy atom. The van der Waals surface area contributed by atoms with Crippen molar-refractivity contribution in [2.45, 2.75) is 13.8 Å². The molecule has 0 amide bonds. The van der Waals surface area contributed by atoms with Crippen LogP contribution in [0.3, 0.4) is 0 Å². The van der Waals surface area contributed by atoms with Gasteiger partial charge in [-0.25, -0.2) is 4.99 Å². The number of nitrogens with zero attached hydrogens (tertiary/aromatic N) is 3. The third kappa shape index (κ3) is 3.50. The van der Waals surface area contributed by atoms with E-state index in [1.807, 2.05) is 6.34 Å². The Bertz CT molecular complexity index is 324. The molecule has 0 N–H and O–H groups in total. The molecule has 13 heavy (non-hydrogen) atoms. The normalized spacial score (nSPS) is 10.9. The molecule has 0 aromatic carbocycles. The molecule has 0 saturated carbocycles. The summed E-state index contributed by atoms with van der Waals surface area (Å²) in [5.74, 6) is 0. The van der Waals surface area contributed by atoms with E-state index >= 15 is 0 Å². The van der Waals surface area contributed by atoms with Crippen LogP contribution in [0.4, 0.5) is 5.13 Å². The molecule has 1 rings (SSSR count). The van der Waals surface area contributed by atoms with Crippen molar-refractivity contribution in [3.63, 3.8) is 0 Å². The maximum atomic E-state index is 4.90. The Kier molecular flexibility index (Phi) is 4.47. The SMILES string of the molecule is CCN(C=Nc1nc(=S)ss1)CC. The summed E-state index contributed by atoms with van der Waals surface area (Å²) in [5.41, 5.74) is 0. The van der Waals surface area contributed by atoms with E-state index in [9.17, 15) is 0 Å². The summed E-state index contributed by atoms with van der Waals surface area (Å²) in [4.78, 5) is 10.4. The van der Waals surface area contributed by atoms with Crippen molar-refractivity contribution in [1.82, 2.24) is 9.88 Å². The molecule has 0 aliphatic heterocycles. The van der Waals surface area contributed by atoms with Gasteiger partial charge in [0.15, 0.2) is 3.95 Å². The average molecular weight is 233 g/mol. The molecule has 0 unspecified atom stereocenters. The van der Waals surface area contributed by atoms with Gasteiger partial charge in [0.2, 0.25) is 5.13 Å². The number of hydrogen-bond acceptors (Lipinski definition) is 5. The van der Waals surface area contributed by atoms with Crippen LogP contribution >= 0.6 is 32.9 Å². The van der Waals surface area contributed by atoms with E-state index in [0.29, 0.717) is 3.95 Å². The maximum absolute atomic E-state index is 4.90. The van der Waals surface area contributed by atoms with Gasteiger partial charge >= 0.3 is 0 Å². The van der Waals surface area contributed by atoms with E-state index < -0.39 is 0 Å². The van der Waals surface area contributed by atoms with Crippen LogP contribution in [0.5, 0.6) is 0 Å². The van der Waals surface area contributed by atoms with Crippen molar-refractivity contribution < 1.29 is 0 Å². The summed E-state index contributed by atoms with van der Waals surface area (Å²) >= 11 is 4.90. The van der Waals surface area contributed by atoms with Crippen molar-refractivity contribution in [3.8, 4) is 0 Å². The van der Waals surface area contributed by atoms with Gasteiger partial charge in [0, 0.05) is 13.1 Å². The lowest BCUT2D eigenvalue weighted by atomic mass is 10.6. The standard InChI is InChI=1S/C7H11N3S3/c1-3-10(4-2)5-8-6-9-7(11)13-12-6/h5H,3-4H2,1-2H3. The quantitative estimate of drug-likeness (QED) is 0.346. The highest BCUT2D eigenvalue weighted by Gasteiger charge is 1.94. The van der Waals surface area contributed by atoms with Crippen LogP contribution in [0.25, 0.3) is 0 Å². The Balaban J connectivity index is 2.62. The minimum absolute atomic E-state index is 0.664. The molecule has 1 aromatic rings. The summed E-state index contributed by atoms with van der Waals surface area (Å²) in [5, 5.41) is 0.752. The summed E-state index contributed by atoms with van der Waals surface area (Å²) in [7, 11) is 3.00. The van der Waals surface area contributed by atoms with Gasteiger partial charge in [0.25, 0.3) is 0 Å². The van der Waals surface area contributed by atoms with Crippen molar-refractivity contribution in [1.29, 1.82) is 0 Å². The Morgan fingerprint density at radius 3 is 2.62 bits per heavy atom. The number of aromatic nitrogens is 1. The molecule has 1 aromatic heterocycles. The van der Waals surface area contributed by atoms with Crippen LogP contribution in [0.1, 0.15) is 13.8 Å². The first kappa shape index (κ1) is 10.7. The first-order valence-corrected chi connectivity index (χ1v) is 6.57. The highest BCUT2D eigenvalue weighted by Crippen LogP contribution is 2.21. The van der Waals surface area contributed by atoms with Crippen LogP contribution in [-0.4, -0.2) is 29.3 Å². The topological polar surface area (TPSA) is 28.5 Å². The molecular formula is C7H11N3S3. The molecule has 6 heteroatoms. The molecule has 0 radical (unpaired) electrons. The Hall–Kier alpha value is -0.330. The number of hydrogen-bond donors (Lipinski definition) is 0. The molecule has 0 fully saturated rings. The van der Waals surface area contributed by atoms with Crippen LogP contribution in [-0.2, 0) is 0 Å². The summed E-state index contributed by atoms with van der Waals surface area (Å²) in [6, 6.07) is 0. The summed E-state index contributed by atoms with van der Waals surface area (Å²) in [6.07, 6.45) is 1.82. The molecule has 72 valence electrons. The Labute approximate surface area is 90.2 Å². The van der Waals surface area contributed by atoms with Gasteiger partial charge in [0.05, 0.1) is 6.34 Å². The van der Waals surface area contributed by atoms with E-state index in [2.05, 4.69) is 28.7 Å². The fourth-order valence-electron chi connectivity index (χ4n) is 0.757. The summed E-state index contributed by atoms with van der Waals surface area (Å²) < 4.78 is 0.664. The smallest absolute Gasteiger partial charge is 0.222 e. The highest BCUT2D eigenvalue weighted by molar-refractivity contribution is 7.79. The van der Waals surface area contributed by atoms with Gasteiger partial charge in [-0.05, 0) is 46.7 Å². The fraction of sp³-hybridized carbons (Fsp3) is 0.571. The molecule has 0 aliphatic carbocycles. The second-order valence-electron chi connectivity index (χ2n) is 2.29. The predicted octanol–water partition coefficient (Wildman–Crippen LogP) is 2.94. The first-order valence-electron chi connectivity index (χ1n) is 4.01. The zero-order valence-electron chi connectivity index (χ0n) is 7.56. The monoisotopic (exact) mass is 233 g/mol. The van der Waals surface area contributed by atoms with Gasteiger partial charge in [-0.1, -0.05) is 0 Å². The van der Waals surface area contributed by atoms with Gasteiger partial charge in [-0.15, -0.1) is 0 Å². The van der Waals surface area contributed by atoms with Crippen molar-refractivity contribution in [2.24, 2.45) is 4.99 Å². The second-order valence-corrected chi connectivity index (χ2v) is 5.02. The largest absolute Gasteiger partial charge is 0.363 e. The predicted molar refractivity (Wildman–Crippen MR) is 61.9 cm³/mol. The van der Waals surface area contributed by atoms with Gasteiger partial charge in [-0.2, -0.15) is 4.98 Å². The molecule has 0 saturated heterocycles. The number of rotatable bonds is 4. The van der Waals surface area contributed by atoms with E-state index in [1.54, 1.807) is 0 Å². The number of aliphatic imine (C=N–C) groups is 1. The lowest BCUT2D eigenvalue weighted by molar-refractivity contribution is 0.480. The lowest BCUT2D eigenvalue weighted by Gasteiger charge is -2.12. The van der Waals surface area contributed by atoms with Crippen LogP contribution in [0.2, 0.25) is 0 Å². The molecule has 0 atom stereocenters. The fourth-order valence-corrected chi connectivity index (χ4v) is 2.54. The van der Waals surface area contributed by atoms with Crippen LogP contribution in [0.15, 0.2) is 4.99 Å². The third-order valence-electron chi connectivity index (χ3n) is 1.52. The Morgan fingerprint density at radius 1 is 1.46 bits per heavy atom. The molecule has 0 spiro atoms. The van der Waals surface area contributed by atoms with Crippen LogP contribution in [0, 0.1) is 3.95 Å². The van der Waals surface area contributed by atoms with Crippen molar-refractivity contribution >= 4 is 44.4 Å². The van der Waals surface area contributed by atoms with Crippen molar-refractivity contribution in [3.05, 3.63) is 3.95 Å². The van der Waals surface area contributed by atoms with Crippen LogP contribution < -0.4 is 0 Å². The molecule has 0 bridgehead atoms. The van der Waals surface area contributed by atoms with E-state index in [1.165, 1.54) is 20.7 Å². The first-order chi connectivity index (χ1) is 6.26. The van der Waals surface area contributed by atoms with E-state index in [4.69, 9.17) is 12.2 Å². The average Bonchev–Trinajstić information content (AvgIpc) is 2.53. The molecule has 0 aliphatic rings. The molecular weight excluding hydrogens is 222 g/mol. The second kappa shape index (κ2) is 5.41. The van der Waals surface area contributed by atoms with Gasteiger partial charge in [-0.3, -0.25) is 0 Å². The summed E-state index contributed by atoms with van der Waals surface area (Å²) in [6.45, 7) is 6.13. The minimum Gasteiger partial charge on any atom is -0.363 e. The lowest BCUT2D eigenvalue weighted by Crippen LogP contribution is -2.20. The third-order valence-corrected chi connectivity index (χ3v) is 4.01. The van der Waals surface area contributed by atoms with Crippen molar-refractivity contribution in [2.75, 3.05) is 13.1 Å². The maximum Gasteiger partial charge on any atom is 0.222 e. The van der Waals surface area contributed by atoms with E-state index in [0.717, 1.165) is 18.2 Å². The van der Waals surface area contributed by atoms with E-state index in [-0.39, 0.29) is 0 Å². The molecule has 3 nitrogen and oxygen atoms in total. The van der Waals surface area contributed by atoms with Gasteiger partial charge in [0.1, 0.15) is 0 Å². The minimum atomic E-state index is 0.664. The highest BCUT2D eigenvalue weighted by atomic mass is 32.9. The zero-order chi connectivity index (χ0) is 9.68. The molecule has 1 heterocycles. The zero-order valence-corrected chi connectivity index (χ0v) is 10.0. The van der Waals surface area contributed by atoms with Gasteiger partial charge < -0.3 is 4.90 Å².